The number of hydrogen-bond acceptors (Lipinski definition) is 3. The van der Waals surface area contributed by atoms with E-state index in [4.69, 9.17) is 5.11 Å². The van der Waals surface area contributed by atoms with Gasteiger partial charge in [-0.3, -0.25) is 0 Å². The van der Waals surface area contributed by atoms with Gasteiger partial charge < -0.3 is 5.11 Å². The van der Waals surface area contributed by atoms with E-state index in [0.29, 0.717) is 6.54 Å². The molecule has 5 heteroatoms. The summed E-state index contributed by atoms with van der Waals surface area (Å²) in [5.74, 6) is -0.936. The van der Waals surface area contributed by atoms with E-state index in [1.165, 1.54) is 0 Å². The molecule has 2 aromatic carbocycles. The molecular formula is C19H17N2O2S+. The minimum Gasteiger partial charge on any atom is -0.478 e. The van der Waals surface area contributed by atoms with Crippen molar-refractivity contribution in [2.45, 2.75) is 6.54 Å². The van der Waals surface area contributed by atoms with Gasteiger partial charge in [-0.05, 0) is 18.2 Å². The summed E-state index contributed by atoms with van der Waals surface area (Å²) in [5.41, 5.74) is 3.23. The predicted molar refractivity (Wildman–Crippen MR) is 96.8 cm³/mol. The molecule has 120 valence electrons. The highest BCUT2D eigenvalue weighted by atomic mass is 32.1. The lowest BCUT2D eigenvalue weighted by molar-refractivity contribution is -0.657. The Morgan fingerprint density at radius 2 is 2.00 bits per heavy atom. The zero-order valence-corrected chi connectivity index (χ0v) is 13.8. The number of carbonyl (C=O) groups is 1. The molecule has 0 aliphatic carbocycles. The van der Waals surface area contributed by atoms with Gasteiger partial charge in [-0.2, -0.15) is 0 Å². The summed E-state index contributed by atoms with van der Waals surface area (Å²) in [6.45, 7) is 4.50. The Balaban J connectivity index is 1.97. The highest BCUT2D eigenvalue weighted by Gasteiger charge is 2.19. The second-order valence-electron chi connectivity index (χ2n) is 5.20. The molecule has 1 aromatic heterocycles. The van der Waals surface area contributed by atoms with Gasteiger partial charge in [0.25, 0.3) is 0 Å². The van der Waals surface area contributed by atoms with Crippen molar-refractivity contribution in [2.24, 2.45) is 0 Å². The number of rotatable bonds is 6. The zero-order valence-electron chi connectivity index (χ0n) is 13.0. The molecule has 0 unspecified atom stereocenters. The van der Waals surface area contributed by atoms with Gasteiger partial charge >= 0.3 is 11.1 Å². The SMILES string of the molecule is C=CC[n+]1c(-c2ccccc2)csc1Nc1cccc(C(=O)O)c1. The molecule has 0 atom stereocenters. The summed E-state index contributed by atoms with van der Waals surface area (Å²) in [6.07, 6.45) is 1.85. The van der Waals surface area contributed by atoms with Gasteiger partial charge in [-0.25, -0.2) is 14.7 Å². The molecule has 0 aliphatic rings. The first kappa shape index (κ1) is 16.0. The molecule has 0 bridgehead atoms. The van der Waals surface area contributed by atoms with Crippen LogP contribution in [-0.4, -0.2) is 11.1 Å². The lowest BCUT2D eigenvalue weighted by Crippen LogP contribution is -2.35. The standard InChI is InChI=1S/C19H16N2O2S/c1-2-11-21-17(14-7-4-3-5-8-14)13-24-19(21)20-16-10-6-9-15(12-16)18(22)23/h2-10,12-13H,1,11H2,(H,22,23)/p+1. The van der Waals surface area contributed by atoms with E-state index in [-0.39, 0.29) is 5.56 Å². The summed E-state index contributed by atoms with van der Waals surface area (Å²) < 4.78 is 2.13. The summed E-state index contributed by atoms with van der Waals surface area (Å²) in [6, 6.07) is 16.9. The maximum absolute atomic E-state index is 11.1. The van der Waals surface area contributed by atoms with Gasteiger partial charge in [0.15, 0.2) is 0 Å². The molecule has 3 aromatic rings. The van der Waals surface area contributed by atoms with Gasteiger partial charge in [0.1, 0.15) is 17.9 Å². The monoisotopic (exact) mass is 337 g/mol. The molecule has 0 radical (unpaired) electrons. The summed E-state index contributed by atoms with van der Waals surface area (Å²) in [4.78, 5) is 11.1. The number of nitrogens with one attached hydrogen (secondary N) is 1. The van der Waals surface area contributed by atoms with Crippen LogP contribution in [0.2, 0.25) is 0 Å². The number of carboxylic acids is 1. The molecule has 0 amide bonds. The molecule has 24 heavy (non-hydrogen) atoms. The van der Waals surface area contributed by atoms with E-state index in [9.17, 15) is 4.79 Å². The molecule has 2 N–H and O–H groups in total. The fourth-order valence-electron chi connectivity index (χ4n) is 2.44. The molecule has 4 nitrogen and oxygen atoms in total. The maximum atomic E-state index is 11.1. The van der Waals surface area contributed by atoms with Crippen LogP contribution in [0.15, 0.2) is 72.6 Å². The van der Waals surface area contributed by atoms with E-state index in [0.717, 1.165) is 22.1 Å². The molecular weight excluding hydrogens is 320 g/mol. The van der Waals surface area contributed by atoms with Crippen molar-refractivity contribution >= 4 is 28.1 Å². The van der Waals surface area contributed by atoms with Crippen LogP contribution in [-0.2, 0) is 6.54 Å². The number of thiazole rings is 1. The average molecular weight is 337 g/mol. The smallest absolute Gasteiger partial charge is 0.339 e. The van der Waals surface area contributed by atoms with E-state index in [1.54, 1.807) is 29.5 Å². The minimum absolute atomic E-state index is 0.259. The Bertz CT molecular complexity index is 872. The third-order valence-electron chi connectivity index (χ3n) is 3.56. The van der Waals surface area contributed by atoms with Crippen LogP contribution in [0.5, 0.6) is 0 Å². The Morgan fingerprint density at radius 1 is 1.21 bits per heavy atom. The first-order valence-electron chi connectivity index (χ1n) is 7.47. The second kappa shape index (κ2) is 7.10. The van der Waals surface area contributed by atoms with E-state index in [2.05, 4.69) is 34.0 Å². The Hall–Kier alpha value is -2.92. The number of carboxylic acid groups (broad SMARTS) is 1. The van der Waals surface area contributed by atoms with Crippen molar-refractivity contribution in [3.8, 4) is 11.3 Å². The number of anilines is 2. The highest BCUT2D eigenvalue weighted by Crippen LogP contribution is 2.26. The maximum Gasteiger partial charge on any atom is 0.339 e. The number of benzene rings is 2. The van der Waals surface area contributed by atoms with E-state index >= 15 is 0 Å². The van der Waals surface area contributed by atoms with Gasteiger partial charge in [-0.1, -0.05) is 60.4 Å². The van der Waals surface area contributed by atoms with Crippen molar-refractivity contribution in [3.63, 3.8) is 0 Å². The van der Waals surface area contributed by atoms with Crippen LogP contribution in [0.25, 0.3) is 11.3 Å². The number of hydrogen-bond donors (Lipinski definition) is 2. The highest BCUT2D eigenvalue weighted by molar-refractivity contribution is 7.13. The lowest BCUT2D eigenvalue weighted by atomic mass is 10.2. The van der Waals surface area contributed by atoms with E-state index in [1.807, 2.05) is 30.3 Å². The van der Waals surface area contributed by atoms with Crippen LogP contribution in [0.1, 0.15) is 10.4 Å². The fraction of sp³-hybridized carbons (Fsp3) is 0.0526. The minimum atomic E-state index is -0.936. The molecule has 1 heterocycles. The normalized spacial score (nSPS) is 10.3. The topological polar surface area (TPSA) is 53.2 Å². The van der Waals surface area contributed by atoms with Crippen LogP contribution in [0, 0.1) is 0 Å². The number of allylic oxidation sites excluding steroid dienone is 1. The van der Waals surface area contributed by atoms with Crippen molar-refractivity contribution in [2.75, 3.05) is 5.32 Å². The van der Waals surface area contributed by atoms with E-state index < -0.39 is 5.97 Å². The first-order chi connectivity index (χ1) is 11.7. The number of aromatic carboxylic acids is 1. The third kappa shape index (κ3) is 3.36. The molecule has 0 spiro atoms. The first-order valence-corrected chi connectivity index (χ1v) is 8.35. The molecule has 3 rings (SSSR count). The van der Waals surface area contributed by atoms with Crippen LogP contribution < -0.4 is 9.88 Å². The van der Waals surface area contributed by atoms with Crippen molar-refractivity contribution < 1.29 is 14.5 Å². The van der Waals surface area contributed by atoms with Gasteiger partial charge in [0.2, 0.25) is 0 Å². The van der Waals surface area contributed by atoms with Crippen molar-refractivity contribution in [3.05, 3.63) is 78.2 Å². The summed E-state index contributed by atoms with van der Waals surface area (Å²) in [5, 5.41) is 15.4. The third-order valence-corrected chi connectivity index (χ3v) is 4.45. The Morgan fingerprint density at radius 3 is 2.71 bits per heavy atom. The van der Waals surface area contributed by atoms with Gasteiger partial charge in [0, 0.05) is 10.9 Å². The summed E-state index contributed by atoms with van der Waals surface area (Å²) >= 11 is 1.58. The quantitative estimate of drug-likeness (QED) is 0.520. The largest absolute Gasteiger partial charge is 0.478 e. The van der Waals surface area contributed by atoms with Gasteiger partial charge in [-0.15, -0.1) is 0 Å². The lowest BCUT2D eigenvalue weighted by Gasteiger charge is -2.04. The van der Waals surface area contributed by atoms with Gasteiger partial charge in [0.05, 0.1) is 5.56 Å². The predicted octanol–water partition coefficient (Wildman–Crippen LogP) is 4.33. The Labute approximate surface area is 144 Å². The zero-order chi connectivity index (χ0) is 16.9. The molecule has 0 saturated carbocycles. The molecule has 0 saturated heterocycles. The summed E-state index contributed by atoms with van der Waals surface area (Å²) in [7, 11) is 0. The fourth-order valence-corrected chi connectivity index (χ4v) is 3.41. The van der Waals surface area contributed by atoms with Crippen LogP contribution in [0.4, 0.5) is 10.8 Å². The van der Waals surface area contributed by atoms with Crippen LogP contribution in [0.3, 0.4) is 0 Å². The average Bonchev–Trinajstić information content (AvgIpc) is 2.99. The van der Waals surface area contributed by atoms with Crippen LogP contribution >= 0.6 is 11.3 Å². The Kier molecular flexibility index (Phi) is 4.72. The number of aromatic nitrogens is 1. The van der Waals surface area contributed by atoms with Crippen molar-refractivity contribution in [1.82, 2.24) is 0 Å². The molecule has 0 aliphatic heterocycles. The second-order valence-corrected chi connectivity index (χ2v) is 6.06. The number of nitrogens with zero attached hydrogens (tertiary/aromatic N) is 1. The molecule has 0 fully saturated rings. The van der Waals surface area contributed by atoms with Crippen molar-refractivity contribution in [1.29, 1.82) is 0 Å².